The number of hydrogen-bond donors (Lipinski definition) is 0. The zero-order chi connectivity index (χ0) is 15.4. The van der Waals surface area contributed by atoms with Gasteiger partial charge in [0.25, 0.3) is 0 Å². The summed E-state index contributed by atoms with van der Waals surface area (Å²) in [5.41, 5.74) is 7.88. The van der Waals surface area contributed by atoms with Gasteiger partial charge in [-0.3, -0.25) is 9.88 Å². The molecule has 2 aromatic rings. The summed E-state index contributed by atoms with van der Waals surface area (Å²) < 4.78 is 0. The fourth-order valence-corrected chi connectivity index (χ4v) is 4.32. The SMILES string of the molecule is Cc1cc(C)c(N2C3CN(Cc4ccccc43)[C@@H]2C)c(C)n1. The smallest absolute Gasteiger partial charge is 0.0803 e. The van der Waals surface area contributed by atoms with Crippen molar-refractivity contribution in [1.82, 2.24) is 9.88 Å². The van der Waals surface area contributed by atoms with E-state index in [-0.39, 0.29) is 0 Å². The van der Waals surface area contributed by atoms with E-state index in [0.29, 0.717) is 12.2 Å². The van der Waals surface area contributed by atoms with E-state index in [2.05, 4.69) is 67.8 Å². The fourth-order valence-electron chi connectivity index (χ4n) is 4.32. The van der Waals surface area contributed by atoms with Gasteiger partial charge in [-0.15, -0.1) is 0 Å². The molecule has 1 aromatic carbocycles. The van der Waals surface area contributed by atoms with Crippen molar-refractivity contribution < 1.29 is 0 Å². The van der Waals surface area contributed by atoms with E-state index >= 15 is 0 Å². The van der Waals surface area contributed by atoms with Gasteiger partial charge in [-0.05, 0) is 50.5 Å². The van der Waals surface area contributed by atoms with Crippen LogP contribution < -0.4 is 4.90 Å². The van der Waals surface area contributed by atoms with Crippen LogP contribution in [0, 0.1) is 20.8 Å². The Kier molecular flexibility index (Phi) is 3.01. The van der Waals surface area contributed by atoms with Gasteiger partial charge in [0.2, 0.25) is 0 Å². The van der Waals surface area contributed by atoms with Crippen molar-refractivity contribution >= 4 is 5.69 Å². The maximum atomic E-state index is 4.72. The van der Waals surface area contributed by atoms with Crippen molar-refractivity contribution in [2.45, 2.75) is 46.4 Å². The number of rotatable bonds is 1. The molecule has 1 aromatic heterocycles. The van der Waals surface area contributed by atoms with Crippen LogP contribution in [-0.2, 0) is 6.54 Å². The average Bonchev–Trinajstić information content (AvgIpc) is 2.72. The van der Waals surface area contributed by atoms with Crippen LogP contribution in [0.4, 0.5) is 5.69 Å². The first-order chi connectivity index (χ1) is 10.6. The van der Waals surface area contributed by atoms with E-state index in [1.54, 1.807) is 0 Å². The summed E-state index contributed by atoms with van der Waals surface area (Å²) in [6.07, 6.45) is 0.416. The van der Waals surface area contributed by atoms with Gasteiger partial charge in [-0.25, -0.2) is 0 Å². The van der Waals surface area contributed by atoms with Crippen molar-refractivity contribution in [2.24, 2.45) is 0 Å². The lowest BCUT2D eigenvalue weighted by molar-refractivity contribution is 0.252. The number of aromatic nitrogens is 1. The molecule has 0 saturated carbocycles. The number of pyridine rings is 1. The van der Waals surface area contributed by atoms with Crippen LogP contribution >= 0.6 is 0 Å². The Morgan fingerprint density at radius 1 is 1.14 bits per heavy atom. The molecule has 3 atom stereocenters. The van der Waals surface area contributed by atoms with E-state index < -0.39 is 0 Å². The predicted octanol–water partition coefficient (Wildman–Crippen LogP) is 3.73. The van der Waals surface area contributed by atoms with E-state index in [1.165, 1.54) is 22.4 Å². The monoisotopic (exact) mass is 293 g/mol. The number of fused-ring (bicyclic) bond motifs is 4. The van der Waals surface area contributed by atoms with Gasteiger partial charge in [-0.2, -0.15) is 0 Å². The van der Waals surface area contributed by atoms with E-state index in [0.717, 1.165) is 24.5 Å². The van der Waals surface area contributed by atoms with Crippen molar-refractivity contribution in [2.75, 3.05) is 11.4 Å². The van der Waals surface area contributed by atoms with Gasteiger partial charge in [0.1, 0.15) is 0 Å². The van der Waals surface area contributed by atoms with E-state index in [4.69, 9.17) is 4.98 Å². The van der Waals surface area contributed by atoms with Crippen LogP contribution in [0.2, 0.25) is 0 Å². The number of anilines is 1. The summed E-state index contributed by atoms with van der Waals surface area (Å²) in [5.74, 6) is 0. The topological polar surface area (TPSA) is 19.4 Å². The average molecular weight is 293 g/mol. The number of benzene rings is 1. The maximum Gasteiger partial charge on any atom is 0.0803 e. The minimum Gasteiger partial charge on any atom is -0.346 e. The molecule has 0 amide bonds. The molecule has 114 valence electrons. The second-order valence-electron chi connectivity index (χ2n) is 6.70. The molecule has 2 unspecified atom stereocenters. The van der Waals surface area contributed by atoms with Crippen molar-refractivity contribution in [3.8, 4) is 0 Å². The van der Waals surface area contributed by atoms with Gasteiger partial charge >= 0.3 is 0 Å². The summed E-state index contributed by atoms with van der Waals surface area (Å²) in [6.45, 7) is 10.9. The normalized spacial score (nSPS) is 26.2. The van der Waals surface area contributed by atoms with Gasteiger partial charge < -0.3 is 4.90 Å². The summed E-state index contributed by atoms with van der Waals surface area (Å²) in [7, 11) is 0. The van der Waals surface area contributed by atoms with Gasteiger partial charge in [0, 0.05) is 18.8 Å². The molecule has 4 rings (SSSR count). The Morgan fingerprint density at radius 3 is 2.68 bits per heavy atom. The number of nitrogens with zero attached hydrogens (tertiary/aromatic N) is 3. The third-order valence-corrected chi connectivity index (χ3v) is 5.21. The lowest BCUT2D eigenvalue weighted by Crippen LogP contribution is -2.35. The molecular weight excluding hydrogens is 270 g/mol. The standard InChI is InChI=1S/C19H23N3/c1-12-9-13(2)20-14(3)19(12)22-15(4)21-10-16-7-5-6-8-17(16)18(22)11-21/h5-9,15,18H,10-11H2,1-4H3/t15-,18?/m0/s1. The molecule has 0 radical (unpaired) electrons. The van der Waals surface area contributed by atoms with Crippen molar-refractivity contribution in [3.05, 3.63) is 58.4 Å². The molecule has 3 nitrogen and oxygen atoms in total. The lowest BCUT2D eigenvalue weighted by Gasteiger charge is -2.32. The number of aryl methyl sites for hydroxylation is 3. The highest BCUT2D eigenvalue weighted by Gasteiger charge is 2.42. The van der Waals surface area contributed by atoms with Gasteiger partial charge in [0.15, 0.2) is 0 Å². The van der Waals surface area contributed by atoms with Crippen LogP contribution in [0.3, 0.4) is 0 Å². The first-order valence-corrected chi connectivity index (χ1v) is 8.11. The Labute approximate surface area is 132 Å². The zero-order valence-corrected chi connectivity index (χ0v) is 13.8. The molecule has 0 N–H and O–H groups in total. The van der Waals surface area contributed by atoms with Gasteiger partial charge in [-0.1, -0.05) is 24.3 Å². The third-order valence-electron chi connectivity index (χ3n) is 5.21. The molecule has 22 heavy (non-hydrogen) atoms. The Hall–Kier alpha value is -1.87. The Morgan fingerprint density at radius 2 is 1.91 bits per heavy atom. The van der Waals surface area contributed by atoms with Crippen LogP contribution in [0.5, 0.6) is 0 Å². The summed E-state index contributed by atoms with van der Waals surface area (Å²) in [4.78, 5) is 9.88. The predicted molar refractivity (Wildman–Crippen MR) is 90.0 cm³/mol. The molecule has 2 bridgehead atoms. The molecule has 1 saturated heterocycles. The van der Waals surface area contributed by atoms with E-state index in [9.17, 15) is 0 Å². The first kappa shape index (κ1) is 13.8. The second kappa shape index (κ2) is 4.82. The molecular formula is C19H23N3. The molecule has 2 aliphatic heterocycles. The highest BCUT2D eigenvalue weighted by atomic mass is 15.4. The third kappa shape index (κ3) is 1.88. The molecule has 0 aliphatic carbocycles. The van der Waals surface area contributed by atoms with Crippen molar-refractivity contribution in [1.29, 1.82) is 0 Å². The highest BCUT2D eigenvalue weighted by Crippen LogP contribution is 2.44. The summed E-state index contributed by atoms with van der Waals surface area (Å²) >= 11 is 0. The number of hydrogen-bond acceptors (Lipinski definition) is 3. The lowest BCUT2D eigenvalue weighted by atomic mass is 9.96. The molecule has 1 fully saturated rings. The van der Waals surface area contributed by atoms with Crippen LogP contribution in [0.15, 0.2) is 30.3 Å². The van der Waals surface area contributed by atoms with Crippen LogP contribution in [0.1, 0.15) is 41.0 Å². The van der Waals surface area contributed by atoms with Crippen molar-refractivity contribution in [3.63, 3.8) is 0 Å². The maximum absolute atomic E-state index is 4.72. The summed E-state index contributed by atoms with van der Waals surface area (Å²) in [6, 6.07) is 11.6. The quantitative estimate of drug-likeness (QED) is 0.798. The first-order valence-electron chi connectivity index (χ1n) is 8.11. The summed E-state index contributed by atoms with van der Waals surface area (Å²) in [5, 5.41) is 0. The second-order valence-corrected chi connectivity index (χ2v) is 6.70. The Balaban J connectivity index is 1.87. The molecule has 0 spiro atoms. The minimum atomic E-state index is 0.416. The minimum absolute atomic E-state index is 0.416. The highest BCUT2D eigenvalue weighted by molar-refractivity contribution is 5.61. The van der Waals surface area contributed by atoms with Crippen LogP contribution in [0.25, 0.3) is 0 Å². The van der Waals surface area contributed by atoms with E-state index in [1.807, 2.05) is 0 Å². The Bertz CT molecular complexity index is 714. The molecule has 2 aliphatic rings. The molecule has 3 heterocycles. The largest absolute Gasteiger partial charge is 0.346 e. The molecule has 3 heteroatoms. The van der Waals surface area contributed by atoms with Crippen LogP contribution in [-0.4, -0.2) is 22.6 Å². The fraction of sp³-hybridized carbons (Fsp3) is 0.421. The zero-order valence-electron chi connectivity index (χ0n) is 13.8. The van der Waals surface area contributed by atoms with Gasteiger partial charge in [0.05, 0.1) is 23.6 Å².